The maximum absolute atomic E-state index is 13.1. The number of carbonyl (C=O) groups excluding carboxylic acids is 2. The van der Waals surface area contributed by atoms with Crippen molar-refractivity contribution in [2.45, 2.75) is 193 Å². The first-order chi connectivity index (χ1) is 28.0. The lowest BCUT2D eigenvalue weighted by Crippen LogP contribution is -2.46. The summed E-state index contributed by atoms with van der Waals surface area (Å²) in [5.74, 6) is -0.594. The van der Waals surface area contributed by atoms with Crippen molar-refractivity contribution in [2.75, 3.05) is 6.61 Å². The summed E-state index contributed by atoms with van der Waals surface area (Å²) in [4.78, 5) is 26.0. The van der Waals surface area contributed by atoms with E-state index in [9.17, 15) is 19.8 Å². The maximum atomic E-state index is 13.1. The van der Waals surface area contributed by atoms with Gasteiger partial charge in [-0.25, -0.2) is 0 Å². The fourth-order valence-electron chi connectivity index (χ4n) is 6.09. The standard InChI is InChI=1S/C51H83NO5/c1-4-7-10-13-16-19-21-23-25-27-29-32-35-38-41-44-51(56)57-47(42-39-36-33-31-28-26-24-22-20-17-14-11-8-5-2)45-50(55)52-48(46-53)49(54)43-40-37-34-30-18-15-12-9-6-3/h7-8,10-11,13,16-17,19-21,23-27,29,31,33,47-49,53-54H,4-6,9,12,14-15,18,22,28,30,32,34-46H2,1-3H3,(H,52,55)/b10-7+,11-8+,16-13+,20-17+,21-19-,25-23-,26-24+,29-27+,33-31+. The molecule has 6 heteroatoms. The Bertz CT molecular complexity index is 1200. The van der Waals surface area contributed by atoms with Crippen LogP contribution in [0.1, 0.15) is 175 Å². The van der Waals surface area contributed by atoms with Crippen molar-refractivity contribution in [1.29, 1.82) is 0 Å². The molecule has 1 amide bonds. The van der Waals surface area contributed by atoms with Gasteiger partial charge in [-0.2, -0.15) is 0 Å². The van der Waals surface area contributed by atoms with Gasteiger partial charge in [-0.05, 0) is 77.0 Å². The number of allylic oxidation sites excluding steroid dienone is 18. The molecule has 0 spiro atoms. The smallest absolute Gasteiger partial charge is 0.306 e. The fourth-order valence-corrected chi connectivity index (χ4v) is 6.09. The predicted molar refractivity (Wildman–Crippen MR) is 245 cm³/mol. The van der Waals surface area contributed by atoms with Crippen LogP contribution in [0.5, 0.6) is 0 Å². The number of hydrogen-bond donors (Lipinski definition) is 3. The van der Waals surface area contributed by atoms with Gasteiger partial charge in [0.2, 0.25) is 5.91 Å². The minimum Gasteiger partial charge on any atom is -0.462 e. The number of hydrogen-bond acceptors (Lipinski definition) is 5. The van der Waals surface area contributed by atoms with E-state index in [0.717, 1.165) is 89.9 Å². The van der Waals surface area contributed by atoms with E-state index >= 15 is 0 Å². The van der Waals surface area contributed by atoms with Crippen molar-refractivity contribution in [2.24, 2.45) is 0 Å². The highest BCUT2D eigenvalue weighted by Gasteiger charge is 2.23. The molecule has 3 atom stereocenters. The van der Waals surface area contributed by atoms with Gasteiger partial charge in [0.15, 0.2) is 0 Å². The fraction of sp³-hybridized carbons (Fsp3) is 0.608. The lowest BCUT2D eigenvalue weighted by atomic mass is 10.0. The second kappa shape index (κ2) is 43.6. The van der Waals surface area contributed by atoms with Gasteiger partial charge >= 0.3 is 5.97 Å². The van der Waals surface area contributed by atoms with Crippen molar-refractivity contribution in [3.63, 3.8) is 0 Å². The molecule has 0 saturated heterocycles. The number of ether oxygens (including phenoxy) is 1. The highest BCUT2D eigenvalue weighted by Crippen LogP contribution is 2.15. The summed E-state index contributed by atoms with van der Waals surface area (Å²) in [6.45, 7) is 6.15. The molecule has 0 rings (SSSR count). The third-order valence-electron chi connectivity index (χ3n) is 9.48. The highest BCUT2D eigenvalue weighted by molar-refractivity contribution is 5.77. The molecular weight excluding hydrogens is 707 g/mol. The van der Waals surface area contributed by atoms with E-state index in [2.05, 4.69) is 86.8 Å². The molecule has 0 aliphatic carbocycles. The van der Waals surface area contributed by atoms with E-state index in [1.165, 1.54) is 38.5 Å². The molecule has 0 aromatic heterocycles. The molecule has 0 bridgehead atoms. The minimum absolute atomic E-state index is 0.0148. The Hall–Kier alpha value is -3.48. The molecular formula is C51H83NO5. The number of aliphatic hydroxyl groups is 2. The van der Waals surface area contributed by atoms with E-state index in [-0.39, 0.29) is 24.9 Å². The van der Waals surface area contributed by atoms with E-state index in [1.54, 1.807) is 0 Å². The van der Waals surface area contributed by atoms with Crippen LogP contribution in [0.3, 0.4) is 0 Å². The van der Waals surface area contributed by atoms with Crippen LogP contribution in [0, 0.1) is 0 Å². The van der Waals surface area contributed by atoms with Crippen LogP contribution in [-0.4, -0.2) is 46.9 Å². The van der Waals surface area contributed by atoms with Crippen molar-refractivity contribution in [3.8, 4) is 0 Å². The Morgan fingerprint density at radius 3 is 1.65 bits per heavy atom. The highest BCUT2D eigenvalue weighted by atomic mass is 16.5. The Kier molecular flexibility index (Phi) is 41.0. The zero-order chi connectivity index (χ0) is 41.7. The number of aliphatic hydroxyl groups excluding tert-OH is 2. The Morgan fingerprint density at radius 1 is 0.544 bits per heavy atom. The minimum atomic E-state index is -0.814. The maximum Gasteiger partial charge on any atom is 0.306 e. The van der Waals surface area contributed by atoms with Crippen LogP contribution in [-0.2, 0) is 14.3 Å². The van der Waals surface area contributed by atoms with Crippen molar-refractivity contribution >= 4 is 11.9 Å². The molecule has 0 fully saturated rings. The van der Waals surface area contributed by atoms with Crippen molar-refractivity contribution in [1.82, 2.24) is 5.32 Å². The average molecular weight is 790 g/mol. The van der Waals surface area contributed by atoms with Gasteiger partial charge in [0.25, 0.3) is 0 Å². The zero-order valence-electron chi connectivity index (χ0n) is 36.4. The van der Waals surface area contributed by atoms with Gasteiger partial charge in [0.1, 0.15) is 6.10 Å². The van der Waals surface area contributed by atoms with Crippen LogP contribution in [0.2, 0.25) is 0 Å². The molecule has 0 aliphatic rings. The lowest BCUT2D eigenvalue weighted by molar-refractivity contribution is -0.151. The van der Waals surface area contributed by atoms with Crippen LogP contribution >= 0.6 is 0 Å². The largest absolute Gasteiger partial charge is 0.462 e. The number of carbonyl (C=O) groups is 2. The van der Waals surface area contributed by atoms with Crippen LogP contribution in [0.25, 0.3) is 0 Å². The summed E-state index contributed by atoms with van der Waals surface area (Å²) in [6.07, 6.45) is 58.6. The Labute approximate surface area is 349 Å². The average Bonchev–Trinajstić information content (AvgIpc) is 3.20. The summed E-state index contributed by atoms with van der Waals surface area (Å²) >= 11 is 0. The number of nitrogens with one attached hydrogen (secondary N) is 1. The van der Waals surface area contributed by atoms with Gasteiger partial charge in [0.05, 0.1) is 25.2 Å². The van der Waals surface area contributed by atoms with E-state index in [0.29, 0.717) is 19.3 Å². The molecule has 6 nitrogen and oxygen atoms in total. The number of amides is 1. The molecule has 57 heavy (non-hydrogen) atoms. The quantitative estimate of drug-likeness (QED) is 0.0251. The number of unbranched alkanes of at least 4 members (excludes halogenated alkanes) is 12. The van der Waals surface area contributed by atoms with Crippen LogP contribution in [0.4, 0.5) is 0 Å². The zero-order valence-corrected chi connectivity index (χ0v) is 36.4. The van der Waals surface area contributed by atoms with Gasteiger partial charge in [0, 0.05) is 6.42 Å². The second-order valence-electron chi connectivity index (χ2n) is 14.8. The monoisotopic (exact) mass is 790 g/mol. The topological polar surface area (TPSA) is 95.9 Å². The molecule has 0 aliphatic heterocycles. The molecule has 0 heterocycles. The summed E-state index contributed by atoms with van der Waals surface area (Å²) in [5.41, 5.74) is 0. The molecule has 0 saturated carbocycles. The molecule has 322 valence electrons. The first-order valence-corrected chi connectivity index (χ1v) is 22.7. The first-order valence-electron chi connectivity index (χ1n) is 22.7. The molecule has 3 N–H and O–H groups in total. The number of esters is 1. The summed E-state index contributed by atoms with van der Waals surface area (Å²) in [5, 5.41) is 23.6. The van der Waals surface area contributed by atoms with Crippen molar-refractivity contribution in [3.05, 3.63) is 109 Å². The molecule has 0 radical (unpaired) electrons. The van der Waals surface area contributed by atoms with E-state index in [1.807, 2.05) is 48.6 Å². The predicted octanol–water partition coefficient (Wildman–Crippen LogP) is 13.2. The molecule has 3 unspecified atom stereocenters. The van der Waals surface area contributed by atoms with Gasteiger partial charge in [-0.1, -0.05) is 194 Å². The SMILES string of the molecule is CC/C=C/C=C/C=C\C=C/C=C/CCCCCC(=O)OC(CCC/C=C/C/C=C/C/C=C/C/C=C/CC)CC(=O)NC(CO)C(O)CCCCCCCCCCC. The normalized spacial score (nSPS) is 14.4. The van der Waals surface area contributed by atoms with Crippen LogP contribution < -0.4 is 5.32 Å². The van der Waals surface area contributed by atoms with E-state index < -0.39 is 18.2 Å². The molecule has 0 aromatic carbocycles. The summed E-state index contributed by atoms with van der Waals surface area (Å²) in [6, 6.07) is -0.733. The number of rotatable bonds is 38. The second-order valence-corrected chi connectivity index (χ2v) is 14.8. The summed E-state index contributed by atoms with van der Waals surface area (Å²) in [7, 11) is 0. The third kappa shape index (κ3) is 39.1. The van der Waals surface area contributed by atoms with Crippen LogP contribution in [0.15, 0.2) is 109 Å². The van der Waals surface area contributed by atoms with E-state index in [4.69, 9.17) is 4.74 Å². The van der Waals surface area contributed by atoms with Crippen molar-refractivity contribution < 1.29 is 24.5 Å². The molecule has 0 aromatic rings. The summed E-state index contributed by atoms with van der Waals surface area (Å²) < 4.78 is 5.85. The van der Waals surface area contributed by atoms with Gasteiger partial charge in [-0.3, -0.25) is 9.59 Å². The first kappa shape index (κ1) is 53.5. The van der Waals surface area contributed by atoms with Gasteiger partial charge < -0.3 is 20.3 Å². The lowest BCUT2D eigenvalue weighted by Gasteiger charge is -2.24. The Morgan fingerprint density at radius 2 is 1.05 bits per heavy atom. The van der Waals surface area contributed by atoms with Gasteiger partial charge in [-0.15, -0.1) is 0 Å². The Balaban J connectivity index is 4.83. The third-order valence-corrected chi connectivity index (χ3v) is 9.48.